The number of aromatic amines is 1. The van der Waals surface area contributed by atoms with E-state index in [2.05, 4.69) is 25.8 Å². The van der Waals surface area contributed by atoms with Crippen molar-refractivity contribution in [2.45, 2.75) is 45.9 Å². The lowest BCUT2D eigenvalue weighted by Crippen LogP contribution is -2.28. The maximum absolute atomic E-state index is 12.3. The van der Waals surface area contributed by atoms with E-state index in [-0.39, 0.29) is 11.5 Å². The summed E-state index contributed by atoms with van der Waals surface area (Å²) >= 11 is 0. The number of carbonyl (C=O) groups excluding carboxylic acids is 1. The van der Waals surface area contributed by atoms with Gasteiger partial charge in [-0.3, -0.25) is 9.89 Å². The van der Waals surface area contributed by atoms with Crippen molar-refractivity contribution >= 4 is 5.91 Å². The van der Waals surface area contributed by atoms with Crippen LogP contribution in [0.25, 0.3) is 0 Å². The molecule has 1 amide bonds. The smallest absolute Gasteiger partial charge is 0.272 e. The zero-order chi connectivity index (χ0) is 17.2. The quantitative estimate of drug-likeness (QED) is 0.792. The van der Waals surface area contributed by atoms with Gasteiger partial charge < -0.3 is 15.4 Å². The van der Waals surface area contributed by atoms with Gasteiger partial charge in [0, 0.05) is 49.6 Å². The molecule has 0 spiro atoms. The van der Waals surface area contributed by atoms with Crippen LogP contribution < -0.4 is 15.4 Å². The van der Waals surface area contributed by atoms with Crippen LogP contribution in [-0.2, 0) is 19.5 Å². The summed E-state index contributed by atoms with van der Waals surface area (Å²) in [6, 6.07) is 3.71. The van der Waals surface area contributed by atoms with Crippen LogP contribution in [0.4, 0.5) is 0 Å². The number of carbonyl (C=O) groups is 1. The first-order valence-corrected chi connectivity index (χ1v) is 8.11. The zero-order valence-corrected chi connectivity index (χ0v) is 14.3. The van der Waals surface area contributed by atoms with E-state index in [0.717, 1.165) is 29.8 Å². The molecule has 1 aliphatic rings. The second-order valence-electron chi connectivity index (χ2n) is 6.86. The molecule has 0 aliphatic carbocycles. The molecule has 7 heteroatoms. The molecule has 24 heavy (non-hydrogen) atoms. The molecule has 3 N–H and O–H groups in total. The molecule has 3 rings (SSSR count). The number of nitrogens with one attached hydrogen (secondary N) is 3. The minimum atomic E-state index is -0.282. The lowest BCUT2D eigenvalue weighted by atomic mass is 10.1. The van der Waals surface area contributed by atoms with Crippen LogP contribution in [-0.4, -0.2) is 33.2 Å². The van der Waals surface area contributed by atoms with Gasteiger partial charge in [0.05, 0.1) is 0 Å². The Bertz CT molecular complexity index is 716. The van der Waals surface area contributed by atoms with Crippen LogP contribution in [0.1, 0.15) is 48.1 Å². The van der Waals surface area contributed by atoms with Gasteiger partial charge >= 0.3 is 0 Å². The number of fused-ring (bicyclic) bond motifs is 1. The highest BCUT2D eigenvalue weighted by Gasteiger charge is 2.21. The van der Waals surface area contributed by atoms with Crippen molar-refractivity contribution in [1.82, 2.24) is 25.8 Å². The van der Waals surface area contributed by atoms with Crippen LogP contribution in [0.3, 0.4) is 0 Å². The Kier molecular flexibility index (Phi) is 4.53. The number of pyridine rings is 1. The highest BCUT2D eigenvalue weighted by Crippen LogP contribution is 2.16. The highest BCUT2D eigenvalue weighted by atomic mass is 16.5. The van der Waals surface area contributed by atoms with Gasteiger partial charge in [0.1, 0.15) is 5.60 Å². The van der Waals surface area contributed by atoms with Gasteiger partial charge in [-0.1, -0.05) is 6.07 Å². The van der Waals surface area contributed by atoms with Crippen molar-refractivity contribution in [2.75, 3.05) is 6.54 Å². The van der Waals surface area contributed by atoms with Gasteiger partial charge in [0.15, 0.2) is 5.69 Å². The molecule has 2 aromatic rings. The zero-order valence-electron chi connectivity index (χ0n) is 14.3. The second-order valence-corrected chi connectivity index (χ2v) is 6.86. The van der Waals surface area contributed by atoms with E-state index in [1.807, 2.05) is 32.9 Å². The predicted octanol–water partition coefficient (Wildman–Crippen LogP) is 1.56. The monoisotopic (exact) mass is 329 g/mol. The third-order valence-electron chi connectivity index (χ3n) is 3.68. The van der Waals surface area contributed by atoms with Crippen molar-refractivity contribution in [2.24, 2.45) is 0 Å². The van der Waals surface area contributed by atoms with Gasteiger partial charge in [-0.25, -0.2) is 4.98 Å². The SMILES string of the molecule is CC(C)(C)Oc1ccc(CNC(=O)c2n[nH]c3c2CNCC3)cn1. The minimum Gasteiger partial charge on any atom is -0.472 e. The van der Waals surface area contributed by atoms with E-state index >= 15 is 0 Å². The first-order chi connectivity index (χ1) is 11.4. The number of nitrogens with zero attached hydrogens (tertiary/aromatic N) is 2. The van der Waals surface area contributed by atoms with Crippen molar-refractivity contribution in [3.63, 3.8) is 0 Å². The molecule has 0 unspecified atom stereocenters. The summed E-state index contributed by atoms with van der Waals surface area (Å²) in [4.78, 5) is 16.6. The van der Waals surface area contributed by atoms with E-state index in [4.69, 9.17) is 4.74 Å². The maximum Gasteiger partial charge on any atom is 0.272 e. The van der Waals surface area contributed by atoms with E-state index in [0.29, 0.717) is 24.7 Å². The van der Waals surface area contributed by atoms with Crippen molar-refractivity contribution < 1.29 is 9.53 Å². The van der Waals surface area contributed by atoms with Gasteiger partial charge in [-0.2, -0.15) is 5.10 Å². The fourth-order valence-corrected chi connectivity index (χ4v) is 2.57. The van der Waals surface area contributed by atoms with Crippen LogP contribution >= 0.6 is 0 Å². The average Bonchev–Trinajstić information content (AvgIpc) is 2.96. The number of rotatable bonds is 4. The standard InChI is InChI=1S/C17H23N5O2/c1-17(2,3)24-14-5-4-11(8-19-14)9-20-16(23)15-12-10-18-7-6-13(12)21-22-15/h4-5,8,18H,6-7,9-10H2,1-3H3,(H,20,23)(H,21,22). The molecular weight excluding hydrogens is 306 g/mol. The molecule has 0 atom stereocenters. The summed E-state index contributed by atoms with van der Waals surface area (Å²) in [6.45, 7) is 7.91. The van der Waals surface area contributed by atoms with Gasteiger partial charge in [0.25, 0.3) is 5.91 Å². The van der Waals surface area contributed by atoms with Crippen molar-refractivity contribution in [1.29, 1.82) is 0 Å². The largest absolute Gasteiger partial charge is 0.472 e. The number of amides is 1. The van der Waals surface area contributed by atoms with E-state index < -0.39 is 0 Å². The molecule has 0 bridgehead atoms. The summed E-state index contributed by atoms with van der Waals surface area (Å²) in [5, 5.41) is 13.3. The minimum absolute atomic E-state index is 0.175. The molecule has 3 heterocycles. The van der Waals surface area contributed by atoms with Gasteiger partial charge in [-0.05, 0) is 26.3 Å². The molecule has 0 fully saturated rings. The molecule has 1 aliphatic heterocycles. The third-order valence-corrected chi connectivity index (χ3v) is 3.68. The lowest BCUT2D eigenvalue weighted by molar-refractivity contribution is 0.0944. The fourth-order valence-electron chi connectivity index (χ4n) is 2.57. The van der Waals surface area contributed by atoms with Gasteiger partial charge in [-0.15, -0.1) is 0 Å². The molecule has 2 aromatic heterocycles. The van der Waals surface area contributed by atoms with E-state index in [1.54, 1.807) is 6.20 Å². The van der Waals surface area contributed by atoms with E-state index in [9.17, 15) is 4.79 Å². The Morgan fingerprint density at radius 1 is 1.38 bits per heavy atom. The van der Waals surface area contributed by atoms with Crippen LogP contribution in [0.15, 0.2) is 18.3 Å². The topological polar surface area (TPSA) is 91.9 Å². The van der Waals surface area contributed by atoms with Crippen LogP contribution in [0.5, 0.6) is 5.88 Å². The molecule has 0 radical (unpaired) electrons. The van der Waals surface area contributed by atoms with E-state index in [1.165, 1.54) is 0 Å². The number of hydrogen-bond donors (Lipinski definition) is 3. The Labute approximate surface area is 141 Å². The molecule has 0 aromatic carbocycles. The molecule has 128 valence electrons. The van der Waals surface area contributed by atoms with Crippen LogP contribution in [0, 0.1) is 0 Å². The van der Waals surface area contributed by atoms with Gasteiger partial charge in [0.2, 0.25) is 5.88 Å². The summed E-state index contributed by atoms with van der Waals surface area (Å²) < 4.78 is 5.68. The van der Waals surface area contributed by atoms with Crippen molar-refractivity contribution in [3.05, 3.63) is 40.8 Å². The molecule has 0 saturated heterocycles. The summed E-state index contributed by atoms with van der Waals surface area (Å²) in [7, 11) is 0. The Hall–Kier alpha value is -2.41. The Morgan fingerprint density at radius 3 is 2.92 bits per heavy atom. The lowest BCUT2D eigenvalue weighted by Gasteiger charge is -2.20. The second kappa shape index (κ2) is 6.60. The number of ether oxygens (including phenoxy) is 1. The Morgan fingerprint density at radius 2 is 2.21 bits per heavy atom. The summed E-state index contributed by atoms with van der Waals surface area (Å²) in [5.74, 6) is 0.399. The summed E-state index contributed by atoms with van der Waals surface area (Å²) in [5.41, 5.74) is 3.11. The normalized spacial score (nSPS) is 14.1. The first-order valence-electron chi connectivity index (χ1n) is 8.11. The average molecular weight is 329 g/mol. The highest BCUT2D eigenvalue weighted by molar-refractivity contribution is 5.93. The number of aromatic nitrogens is 3. The molecule has 7 nitrogen and oxygen atoms in total. The third kappa shape index (κ3) is 3.91. The predicted molar refractivity (Wildman–Crippen MR) is 89.8 cm³/mol. The molecular formula is C17H23N5O2. The summed E-state index contributed by atoms with van der Waals surface area (Å²) in [6.07, 6.45) is 2.58. The Balaban J connectivity index is 1.59. The number of H-pyrrole nitrogens is 1. The fraction of sp³-hybridized carbons (Fsp3) is 0.471. The molecule has 0 saturated carbocycles. The van der Waals surface area contributed by atoms with Crippen LogP contribution in [0.2, 0.25) is 0 Å². The maximum atomic E-state index is 12.3. The van der Waals surface area contributed by atoms with Crippen molar-refractivity contribution in [3.8, 4) is 5.88 Å². The first kappa shape index (κ1) is 16.4. The number of hydrogen-bond acceptors (Lipinski definition) is 5.